The van der Waals surface area contributed by atoms with Crippen molar-refractivity contribution in [2.75, 3.05) is 41.8 Å². The van der Waals surface area contributed by atoms with E-state index >= 15 is 0 Å². The molecule has 0 spiro atoms. The highest BCUT2D eigenvalue weighted by Gasteiger charge is 2.16. The Morgan fingerprint density at radius 2 is 0.818 bits per heavy atom. The van der Waals surface area contributed by atoms with Gasteiger partial charge >= 0.3 is 23.9 Å². The fourth-order valence-corrected chi connectivity index (χ4v) is 4.71. The molecule has 0 aliphatic rings. The minimum atomic E-state index is -1.31. The van der Waals surface area contributed by atoms with E-state index in [1.54, 1.807) is 53.4 Å². The van der Waals surface area contributed by atoms with Gasteiger partial charge < -0.3 is 46.2 Å². The van der Waals surface area contributed by atoms with Crippen molar-refractivity contribution in [3.63, 3.8) is 0 Å². The maximum atomic E-state index is 11.4. The summed E-state index contributed by atoms with van der Waals surface area (Å²) in [5.74, 6) is -4.95. The fraction of sp³-hybridized carbons (Fsp3) is 0.114. The molecule has 4 aromatic carbocycles. The van der Waals surface area contributed by atoms with Crippen LogP contribution in [0.25, 0.3) is 0 Å². The number of carbonyl (C=O) groups is 4. The third-order valence-electron chi connectivity index (χ3n) is 7.28. The summed E-state index contributed by atoms with van der Waals surface area (Å²) in [4.78, 5) is 60.5. The van der Waals surface area contributed by atoms with Gasteiger partial charge in [-0.15, -0.1) is 0 Å². The topological polar surface area (TPSA) is 305 Å². The lowest BCUT2D eigenvalue weighted by atomic mass is 10.1. The highest BCUT2D eigenvalue weighted by atomic mass is 16.4. The summed E-state index contributed by atoms with van der Waals surface area (Å²) in [7, 11) is 0. The van der Waals surface area contributed by atoms with Crippen LogP contribution in [0, 0.1) is 0 Å². The van der Waals surface area contributed by atoms with Crippen molar-refractivity contribution in [1.29, 1.82) is 0 Å². The van der Waals surface area contributed by atoms with E-state index in [9.17, 15) is 49.8 Å². The maximum absolute atomic E-state index is 11.4. The molecule has 0 aliphatic heterocycles. The molecule has 5 rings (SSSR count). The van der Waals surface area contributed by atoms with E-state index in [2.05, 4.69) is 46.0 Å². The van der Waals surface area contributed by atoms with Crippen LogP contribution in [-0.4, -0.2) is 95.8 Å². The number of aliphatic hydroxyl groups is 2. The highest BCUT2D eigenvalue weighted by molar-refractivity contribution is 5.96. The Kier molecular flexibility index (Phi) is 12.4. The molecule has 0 unspecified atom stereocenters. The average Bonchev–Trinajstić information content (AvgIpc) is 3.17. The summed E-state index contributed by atoms with van der Waals surface area (Å²) in [5, 5.41) is 78.6. The van der Waals surface area contributed by atoms with Crippen LogP contribution in [0.2, 0.25) is 0 Å². The molecule has 0 saturated heterocycles. The number of carboxylic acids is 4. The lowest BCUT2D eigenvalue weighted by Crippen LogP contribution is -2.31. The molecule has 0 amide bonds. The van der Waals surface area contributed by atoms with Crippen LogP contribution in [-0.2, 0) is 0 Å². The van der Waals surface area contributed by atoms with Crippen molar-refractivity contribution in [2.45, 2.75) is 0 Å². The smallest absolute Gasteiger partial charge is 0.335 e. The van der Waals surface area contributed by atoms with Gasteiger partial charge in [0, 0.05) is 24.5 Å². The zero-order valence-corrected chi connectivity index (χ0v) is 28.3. The Morgan fingerprint density at radius 3 is 1.13 bits per heavy atom. The van der Waals surface area contributed by atoms with Gasteiger partial charge in [-0.1, -0.05) is 0 Å². The molecule has 0 atom stereocenters. The fourth-order valence-electron chi connectivity index (χ4n) is 4.71. The largest absolute Gasteiger partial charge is 0.478 e. The Morgan fingerprint density at radius 1 is 0.491 bits per heavy atom. The summed E-state index contributed by atoms with van der Waals surface area (Å²) in [5.41, 5.74) is 0.799. The zero-order valence-electron chi connectivity index (χ0n) is 28.3. The third kappa shape index (κ3) is 10.7. The van der Waals surface area contributed by atoms with Gasteiger partial charge in [-0.25, -0.2) is 19.2 Å². The van der Waals surface area contributed by atoms with Crippen molar-refractivity contribution in [1.82, 2.24) is 15.0 Å². The second-order valence-electron chi connectivity index (χ2n) is 11.2. The maximum Gasteiger partial charge on any atom is 0.335 e. The standard InChI is InChI=1S/C35H30N10O10/c46-11-9-45(10-12-47)35-39-33(36-23-1-5-25(6-2-23)41-43-27-15-19(29(48)49)13-20(16-27)30(50)51)38-34(40-35)37-24-3-7-26(8-4-24)42-44-28-17-21(31(52)53)14-22(18-28)32(54)55/h1-8,13-18,46-47H,9-12H2,(H,48,49)(H,50,51)(H,52,53)(H,54,55)(H2,36,37,38,39,40). The lowest BCUT2D eigenvalue weighted by molar-refractivity contribution is 0.0676. The van der Waals surface area contributed by atoms with Crippen LogP contribution in [0.1, 0.15) is 41.4 Å². The van der Waals surface area contributed by atoms with E-state index in [-0.39, 0.29) is 77.8 Å². The first-order chi connectivity index (χ1) is 26.4. The number of rotatable bonds is 17. The molecule has 0 fully saturated rings. The molecule has 1 aromatic heterocycles. The number of aliphatic hydroxyl groups excluding tert-OH is 2. The van der Waals surface area contributed by atoms with E-state index in [1.165, 1.54) is 24.3 Å². The molecule has 55 heavy (non-hydrogen) atoms. The van der Waals surface area contributed by atoms with Gasteiger partial charge in [0.25, 0.3) is 0 Å². The Balaban J connectivity index is 1.35. The van der Waals surface area contributed by atoms with Gasteiger partial charge in [0.1, 0.15) is 0 Å². The number of azo groups is 2. The summed E-state index contributed by atoms with van der Waals surface area (Å²) < 4.78 is 0. The van der Waals surface area contributed by atoms with E-state index in [4.69, 9.17) is 0 Å². The first kappa shape index (κ1) is 38.5. The first-order valence-electron chi connectivity index (χ1n) is 15.9. The average molecular weight is 751 g/mol. The van der Waals surface area contributed by atoms with Crippen molar-refractivity contribution in [3.8, 4) is 0 Å². The second-order valence-corrected chi connectivity index (χ2v) is 11.2. The summed E-state index contributed by atoms with van der Waals surface area (Å²) >= 11 is 0. The number of hydrogen-bond donors (Lipinski definition) is 8. The number of nitrogens with zero attached hydrogens (tertiary/aromatic N) is 8. The van der Waals surface area contributed by atoms with Crippen molar-refractivity contribution < 1.29 is 49.8 Å². The van der Waals surface area contributed by atoms with Gasteiger partial charge in [-0.05, 0) is 84.9 Å². The van der Waals surface area contributed by atoms with Crippen LogP contribution in [0.3, 0.4) is 0 Å². The number of aromatic carboxylic acids is 4. The normalized spacial score (nSPS) is 11.1. The number of anilines is 5. The number of hydrogen-bond acceptors (Lipinski definition) is 16. The Labute approximate surface area is 309 Å². The molecular weight excluding hydrogens is 720 g/mol. The minimum Gasteiger partial charge on any atom is -0.478 e. The second kappa shape index (κ2) is 17.7. The van der Waals surface area contributed by atoms with E-state index in [0.29, 0.717) is 22.7 Å². The molecule has 20 nitrogen and oxygen atoms in total. The van der Waals surface area contributed by atoms with Crippen LogP contribution in [0.15, 0.2) is 105 Å². The molecule has 20 heteroatoms. The molecule has 8 N–H and O–H groups in total. The molecule has 280 valence electrons. The monoisotopic (exact) mass is 750 g/mol. The number of benzene rings is 4. The van der Waals surface area contributed by atoms with Crippen LogP contribution < -0.4 is 15.5 Å². The van der Waals surface area contributed by atoms with Gasteiger partial charge in [0.15, 0.2) is 0 Å². The van der Waals surface area contributed by atoms with Gasteiger partial charge in [0.2, 0.25) is 17.8 Å². The number of aromatic nitrogens is 3. The molecule has 5 aromatic rings. The van der Waals surface area contributed by atoms with Gasteiger partial charge in [-0.3, -0.25) is 0 Å². The van der Waals surface area contributed by atoms with Gasteiger partial charge in [-0.2, -0.15) is 35.4 Å². The molecule has 0 saturated carbocycles. The molecular formula is C35H30N10O10. The lowest BCUT2D eigenvalue weighted by Gasteiger charge is -2.21. The Bertz CT molecular complexity index is 2060. The summed E-state index contributed by atoms with van der Waals surface area (Å²) in [6.45, 7) is -0.287. The van der Waals surface area contributed by atoms with Crippen molar-refractivity contribution in [2.24, 2.45) is 20.5 Å². The number of carboxylic acid groups (broad SMARTS) is 4. The SMILES string of the molecule is O=C(O)c1cc(N=Nc2ccc(Nc3nc(Nc4ccc(N=Nc5cc(C(=O)O)cc(C(=O)O)c5)cc4)nc(N(CCO)CCO)n3)cc2)cc(C(=O)O)c1. The summed E-state index contributed by atoms with van der Waals surface area (Å²) in [6, 6.07) is 19.7. The van der Waals surface area contributed by atoms with Crippen LogP contribution in [0.5, 0.6) is 0 Å². The van der Waals surface area contributed by atoms with Gasteiger partial charge in [0.05, 0.1) is 58.2 Å². The molecule has 0 aliphatic carbocycles. The highest BCUT2D eigenvalue weighted by Crippen LogP contribution is 2.27. The van der Waals surface area contributed by atoms with E-state index in [1.807, 2.05) is 0 Å². The first-order valence-corrected chi connectivity index (χ1v) is 15.9. The minimum absolute atomic E-state index is 0.0333. The predicted molar refractivity (Wildman–Crippen MR) is 195 cm³/mol. The zero-order chi connectivity index (χ0) is 39.5. The number of nitrogens with one attached hydrogen (secondary N) is 2. The Hall–Kier alpha value is -7.71. The van der Waals surface area contributed by atoms with Crippen LogP contribution in [0.4, 0.5) is 52.0 Å². The van der Waals surface area contributed by atoms with Crippen LogP contribution >= 0.6 is 0 Å². The molecule has 1 heterocycles. The van der Waals surface area contributed by atoms with Crippen molar-refractivity contribution in [3.05, 3.63) is 107 Å². The third-order valence-corrected chi connectivity index (χ3v) is 7.28. The molecule has 0 bridgehead atoms. The van der Waals surface area contributed by atoms with E-state index < -0.39 is 23.9 Å². The van der Waals surface area contributed by atoms with E-state index in [0.717, 1.165) is 12.1 Å². The summed E-state index contributed by atoms with van der Waals surface area (Å²) in [6.07, 6.45) is 0. The quantitative estimate of drug-likeness (QED) is 0.0523. The predicted octanol–water partition coefficient (Wildman–Crippen LogP) is 5.77. The molecule has 0 radical (unpaired) electrons. The van der Waals surface area contributed by atoms with Crippen molar-refractivity contribution >= 4 is 75.8 Å².